The summed E-state index contributed by atoms with van der Waals surface area (Å²) in [6.45, 7) is 3.45. The van der Waals surface area contributed by atoms with Gasteiger partial charge >= 0.3 is 0 Å². The smallest absolute Gasteiger partial charge is 0.269 e. The second-order valence-corrected chi connectivity index (χ2v) is 3.92. The van der Waals surface area contributed by atoms with Gasteiger partial charge in [0.25, 0.3) is 5.69 Å². The molecule has 1 unspecified atom stereocenters. The molecule has 0 aliphatic rings. The number of hydrogen-bond donors (Lipinski definition) is 2. The molecule has 0 bridgehead atoms. The van der Waals surface area contributed by atoms with Crippen molar-refractivity contribution < 1.29 is 10.0 Å². The fourth-order valence-corrected chi connectivity index (χ4v) is 1.48. The highest BCUT2D eigenvalue weighted by atomic mass is 35.5. The molecule has 0 radical (unpaired) electrons. The number of nitro groups is 1. The SMILES string of the molecule is CCCCNCC(O)c1ccc([N+](=O)[O-])cc1.Cl. The van der Waals surface area contributed by atoms with E-state index in [1.165, 1.54) is 12.1 Å². The van der Waals surface area contributed by atoms with Crippen LogP contribution in [0.5, 0.6) is 0 Å². The third-order valence-corrected chi connectivity index (χ3v) is 2.53. The van der Waals surface area contributed by atoms with Crippen molar-refractivity contribution in [3.8, 4) is 0 Å². The molecule has 1 atom stereocenters. The minimum Gasteiger partial charge on any atom is -0.387 e. The molecule has 0 spiro atoms. The number of benzene rings is 1. The van der Waals surface area contributed by atoms with E-state index in [2.05, 4.69) is 12.2 Å². The van der Waals surface area contributed by atoms with Gasteiger partial charge in [-0.25, -0.2) is 0 Å². The summed E-state index contributed by atoms with van der Waals surface area (Å²) in [4.78, 5) is 10.0. The maximum atomic E-state index is 10.5. The summed E-state index contributed by atoms with van der Waals surface area (Å²) in [6.07, 6.45) is 1.57. The zero-order chi connectivity index (χ0) is 12.7. The number of nitro benzene ring substituents is 1. The van der Waals surface area contributed by atoms with Gasteiger partial charge in [-0.2, -0.15) is 0 Å². The molecule has 18 heavy (non-hydrogen) atoms. The van der Waals surface area contributed by atoms with Crippen molar-refractivity contribution in [1.29, 1.82) is 0 Å². The van der Waals surface area contributed by atoms with Crippen LogP contribution >= 0.6 is 12.4 Å². The largest absolute Gasteiger partial charge is 0.387 e. The fraction of sp³-hybridized carbons (Fsp3) is 0.500. The first-order valence-electron chi connectivity index (χ1n) is 5.78. The van der Waals surface area contributed by atoms with Crippen LogP contribution in [0.2, 0.25) is 0 Å². The van der Waals surface area contributed by atoms with E-state index in [9.17, 15) is 15.2 Å². The monoisotopic (exact) mass is 274 g/mol. The Morgan fingerprint density at radius 3 is 2.50 bits per heavy atom. The number of hydrogen-bond acceptors (Lipinski definition) is 4. The van der Waals surface area contributed by atoms with E-state index >= 15 is 0 Å². The van der Waals surface area contributed by atoms with Gasteiger partial charge in [0, 0.05) is 18.7 Å². The average Bonchev–Trinajstić information content (AvgIpc) is 2.34. The Morgan fingerprint density at radius 1 is 1.39 bits per heavy atom. The van der Waals surface area contributed by atoms with Gasteiger partial charge in [-0.05, 0) is 30.7 Å². The zero-order valence-electron chi connectivity index (χ0n) is 10.3. The molecule has 0 aliphatic heterocycles. The lowest BCUT2D eigenvalue weighted by molar-refractivity contribution is -0.384. The van der Waals surface area contributed by atoms with E-state index < -0.39 is 11.0 Å². The number of aliphatic hydroxyl groups is 1. The topological polar surface area (TPSA) is 75.4 Å². The molecule has 6 heteroatoms. The van der Waals surface area contributed by atoms with E-state index in [1.807, 2.05) is 0 Å². The molecule has 0 aromatic heterocycles. The van der Waals surface area contributed by atoms with E-state index in [0.717, 1.165) is 19.4 Å². The number of unbranched alkanes of at least 4 members (excludes halogenated alkanes) is 1. The Balaban J connectivity index is 0.00000289. The van der Waals surface area contributed by atoms with Crippen LogP contribution in [0, 0.1) is 10.1 Å². The van der Waals surface area contributed by atoms with Crippen LogP contribution in [0.25, 0.3) is 0 Å². The van der Waals surface area contributed by atoms with Crippen LogP contribution in [-0.4, -0.2) is 23.1 Å². The summed E-state index contributed by atoms with van der Waals surface area (Å²) < 4.78 is 0. The van der Waals surface area contributed by atoms with Crippen molar-refractivity contribution in [1.82, 2.24) is 5.32 Å². The normalized spacial score (nSPS) is 11.7. The zero-order valence-corrected chi connectivity index (χ0v) is 11.2. The maximum Gasteiger partial charge on any atom is 0.269 e. The first-order valence-corrected chi connectivity index (χ1v) is 5.78. The maximum absolute atomic E-state index is 10.5. The number of non-ortho nitro benzene ring substituents is 1. The second kappa shape index (κ2) is 8.85. The van der Waals surface area contributed by atoms with Crippen LogP contribution in [0.3, 0.4) is 0 Å². The van der Waals surface area contributed by atoms with Crippen molar-refractivity contribution in [2.75, 3.05) is 13.1 Å². The average molecular weight is 275 g/mol. The van der Waals surface area contributed by atoms with Crippen molar-refractivity contribution >= 4 is 18.1 Å². The third-order valence-electron chi connectivity index (χ3n) is 2.53. The molecule has 0 aliphatic carbocycles. The first-order chi connectivity index (χ1) is 8.15. The van der Waals surface area contributed by atoms with Gasteiger partial charge in [0.1, 0.15) is 0 Å². The van der Waals surface area contributed by atoms with Gasteiger partial charge in [0.15, 0.2) is 0 Å². The van der Waals surface area contributed by atoms with E-state index in [4.69, 9.17) is 0 Å². The lowest BCUT2D eigenvalue weighted by Gasteiger charge is -2.11. The molecule has 1 aromatic rings. The van der Waals surface area contributed by atoms with Gasteiger partial charge in [0.2, 0.25) is 0 Å². The lowest BCUT2D eigenvalue weighted by Crippen LogP contribution is -2.22. The van der Waals surface area contributed by atoms with Crippen LogP contribution in [0.15, 0.2) is 24.3 Å². The number of halogens is 1. The van der Waals surface area contributed by atoms with Gasteiger partial charge in [0.05, 0.1) is 11.0 Å². The molecule has 5 nitrogen and oxygen atoms in total. The molecule has 0 fully saturated rings. The molecule has 1 rings (SSSR count). The predicted molar refractivity (Wildman–Crippen MR) is 73.1 cm³/mol. The van der Waals surface area contributed by atoms with Gasteiger partial charge in [-0.15, -0.1) is 12.4 Å². The summed E-state index contributed by atoms with van der Waals surface area (Å²) in [5.41, 5.74) is 0.736. The standard InChI is InChI=1S/C12H18N2O3.ClH/c1-2-3-8-13-9-12(15)10-4-6-11(7-5-10)14(16)17;/h4-7,12-13,15H,2-3,8-9H2,1H3;1H. The van der Waals surface area contributed by atoms with E-state index in [0.29, 0.717) is 12.1 Å². The van der Waals surface area contributed by atoms with Crippen LogP contribution in [0.4, 0.5) is 5.69 Å². The third kappa shape index (κ3) is 5.44. The van der Waals surface area contributed by atoms with Crippen molar-refractivity contribution in [3.05, 3.63) is 39.9 Å². The van der Waals surface area contributed by atoms with E-state index in [-0.39, 0.29) is 18.1 Å². The minimum absolute atomic E-state index is 0. The molecule has 0 heterocycles. The van der Waals surface area contributed by atoms with Crippen molar-refractivity contribution in [3.63, 3.8) is 0 Å². The van der Waals surface area contributed by atoms with E-state index in [1.54, 1.807) is 12.1 Å². The number of rotatable bonds is 7. The number of aliphatic hydroxyl groups excluding tert-OH is 1. The minimum atomic E-state index is -0.618. The molecule has 1 aromatic carbocycles. The molecule has 0 saturated heterocycles. The fourth-order valence-electron chi connectivity index (χ4n) is 1.48. The molecule has 102 valence electrons. The lowest BCUT2D eigenvalue weighted by atomic mass is 10.1. The Labute approximate surface area is 113 Å². The highest BCUT2D eigenvalue weighted by Gasteiger charge is 2.09. The molecular formula is C12H19ClN2O3. The van der Waals surface area contributed by atoms with Crippen molar-refractivity contribution in [2.45, 2.75) is 25.9 Å². The Kier molecular flexibility index (Phi) is 8.28. The predicted octanol–water partition coefficient (Wildman–Crippen LogP) is 2.44. The number of nitrogens with zero attached hydrogens (tertiary/aromatic N) is 1. The Bertz CT molecular complexity index is 357. The molecular weight excluding hydrogens is 256 g/mol. The summed E-state index contributed by atoms with van der Waals surface area (Å²) >= 11 is 0. The van der Waals surface area contributed by atoms with Gasteiger partial charge in [-0.3, -0.25) is 10.1 Å². The first kappa shape index (κ1) is 16.8. The molecule has 0 amide bonds. The summed E-state index contributed by atoms with van der Waals surface area (Å²) in [5, 5.41) is 23.4. The highest BCUT2D eigenvalue weighted by molar-refractivity contribution is 5.85. The number of nitrogens with one attached hydrogen (secondary N) is 1. The van der Waals surface area contributed by atoms with Crippen molar-refractivity contribution in [2.24, 2.45) is 0 Å². The van der Waals surface area contributed by atoms with Crippen LogP contribution in [0.1, 0.15) is 31.4 Å². The second-order valence-electron chi connectivity index (χ2n) is 3.92. The van der Waals surface area contributed by atoms with Crippen LogP contribution < -0.4 is 5.32 Å². The Hall–Kier alpha value is -1.17. The van der Waals surface area contributed by atoms with Gasteiger partial charge < -0.3 is 10.4 Å². The van der Waals surface area contributed by atoms with Crippen LogP contribution in [-0.2, 0) is 0 Å². The quantitative estimate of drug-likeness (QED) is 0.455. The summed E-state index contributed by atoms with van der Waals surface area (Å²) in [5.74, 6) is 0. The summed E-state index contributed by atoms with van der Waals surface area (Å²) in [7, 11) is 0. The van der Waals surface area contributed by atoms with Gasteiger partial charge in [-0.1, -0.05) is 13.3 Å². The molecule has 2 N–H and O–H groups in total. The highest BCUT2D eigenvalue weighted by Crippen LogP contribution is 2.17. The Morgan fingerprint density at radius 2 is 2.00 bits per heavy atom. The molecule has 0 saturated carbocycles. The summed E-state index contributed by atoms with van der Waals surface area (Å²) in [6, 6.07) is 5.99.